The zero-order valence-electron chi connectivity index (χ0n) is 18.8. The average Bonchev–Trinajstić information content (AvgIpc) is 3.48. The van der Waals surface area contributed by atoms with Crippen molar-refractivity contribution in [2.24, 2.45) is 0 Å². The zero-order chi connectivity index (χ0) is 23.4. The number of imidazole rings is 1. The number of carbonyl (C=O) groups excluding carboxylic acids is 1. The van der Waals surface area contributed by atoms with Gasteiger partial charge in [-0.25, -0.2) is 9.97 Å². The first-order valence-electron chi connectivity index (χ1n) is 11.7. The van der Waals surface area contributed by atoms with Crippen molar-refractivity contribution in [1.82, 2.24) is 19.4 Å². The minimum Gasteiger partial charge on any atom is -0.381 e. The molecule has 0 bridgehead atoms. The maximum absolute atomic E-state index is 13.7. The van der Waals surface area contributed by atoms with Crippen LogP contribution >= 0.6 is 15.9 Å². The van der Waals surface area contributed by atoms with Crippen molar-refractivity contribution in [3.63, 3.8) is 0 Å². The fourth-order valence-corrected chi connectivity index (χ4v) is 5.58. The van der Waals surface area contributed by atoms with E-state index in [-0.39, 0.29) is 17.4 Å². The van der Waals surface area contributed by atoms with Gasteiger partial charge in [0, 0.05) is 41.9 Å². The van der Waals surface area contributed by atoms with E-state index in [9.17, 15) is 9.59 Å². The van der Waals surface area contributed by atoms with Crippen molar-refractivity contribution < 1.29 is 9.53 Å². The summed E-state index contributed by atoms with van der Waals surface area (Å²) in [6.45, 7) is 4.02. The summed E-state index contributed by atoms with van der Waals surface area (Å²) >= 11 is 3.46. The number of fused-ring (bicyclic) bond motifs is 4. The van der Waals surface area contributed by atoms with E-state index in [1.165, 1.54) is 0 Å². The Morgan fingerprint density at radius 1 is 1.18 bits per heavy atom. The number of amides is 1. The van der Waals surface area contributed by atoms with E-state index in [0.29, 0.717) is 48.6 Å². The molecule has 1 aromatic carbocycles. The summed E-state index contributed by atoms with van der Waals surface area (Å²) in [5.74, 6) is 1.73. The molecule has 5 heterocycles. The summed E-state index contributed by atoms with van der Waals surface area (Å²) in [4.78, 5) is 40.5. The second-order valence-corrected chi connectivity index (χ2v) is 9.82. The van der Waals surface area contributed by atoms with Gasteiger partial charge in [-0.15, -0.1) is 0 Å². The van der Waals surface area contributed by atoms with E-state index in [1.807, 2.05) is 29.5 Å². The molecule has 0 saturated carbocycles. The monoisotopic (exact) mass is 521 g/mol. The van der Waals surface area contributed by atoms with Crippen molar-refractivity contribution in [2.75, 3.05) is 24.7 Å². The molecule has 1 N–H and O–H groups in total. The Morgan fingerprint density at radius 2 is 2.00 bits per heavy atom. The number of anilines is 1. The molecule has 1 fully saturated rings. The molecule has 0 radical (unpaired) electrons. The topological polar surface area (TPSA) is 92.6 Å². The van der Waals surface area contributed by atoms with Crippen LogP contribution in [0.3, 0.4) is 0 Å². The number of halogens is 1. The number of hydrogen-bond donors (Lipinski definition) is 1. The van der Waals surface area contributed by atoms with Crippen molar-refractivity contribution in [3.8, 4) is 0 Å². The largest absolute Gasteiger partial charge is 0.381 e. The highest BCUT2D eigenvalue weighted by molar-refractivity contribution is 9.10. The summed E-state index contributed by atoms with van der Waals surface area (Å²) < 4.78 is 8.40. The molecule has 0 aliphatic carbocycles. The Morgan fingerprint density at radius 3 is 2.79 bits per heavy atom. The van der Waals surface area contributed by atoms with Gasteiger partial charge in [-0.2, -0.15) is 0 Å². The molecule has 34 heavy (non-hydrogen) atoms. The van der Waals surface area contributed by atoms with Crippen LogP contribution in [0.2, 0.25) is 0 Å². The second-order valence-electron chi connectivity index (χ2n) is 8.90. The number of aryl methyl sites for hydroxylation is 1. The number of H-pyrrole nitrogens is 1. The predicted molar refractivity (Wildman–Crippen MR) is 133 cm³/mol. The Kier molecular flexibility index (Phi) is 5.26. The lowest BCUT2D eigenvalue weighted by atomic mass is 9.99. The molecule has 1 saturated heterocycles. The SMILES string of the molecule is CCc1cc2c(cc1C(=O)N1CCc3cc(Br)cnc31)[nH]c(=O)c1cnc(C3CCOCC3)n12. The quantitative estimate of drug-likeness (QED) is 0.439. The molecule has 6 rings (SSSR count). The van der Waals surface area contributed by atoms with E-state index < -0.39 is 0 Å². The van der Waals surface area contributed by atoms with E-state index in [2.05, 4.69) is 30.9 Å². The molecule has 174 valence electrons. The number of carbonyl (C=O) groups is 1. The number of aromatic nitrogens is 4. The Labute approximate surface area is 204 Å². The van der Waals surface area contributed by atoms with Crippen molar-refractivity contribution in [3.05, 3.63) is 67.9 Å². The van der Waals surface area contributed by atoms with Crippen LogP contribution in [0.25, 0.3) is 16.6 Å². The summed E-state index contributed by atoms with van der Waals surface area (Å²) in [5, 5.41) is 0. The normalized spacial score (nSPS) is 16.5. The number of nitrogens with one attached hydrogen (secondary N) is 1. The molecule has 0 atom stereocenters. The molecular formula is C25H24BrN5O3. The third-order valence-corrected chi connectivity index (χ3v) is 7.38. The Bertz CT molecular complexity index is 1500. The first kappa shape index (κ1) is 21.5. The molecule has 9 heteroatoms. The number of hydrogen-bond acceptors (Lipinski definition) is 5. The standard InChI is InChI=1S/C25H24BrN5O3/c1-2-14-10-20-19(11-18(14)25(33)30-6-3-16-9-17(26)12-27-22(16)30)29-24(32)21-13-28-23(31(20)21)15-4-7-34-8-5-15/h9-13,15H,2-8H2,1H3,(H,29,32). The van der Waals surface area contributed by atoms with Gasteiger partial charge in [-0.1, -0.05) is 6.92 Å². The summed E-state index contributed by atoms with van der Waals surface area (Å²) in [6, 6.07) is 5.87. The minimum absolute atomic E-state index is 0.0939. The van der Waals surface area contributed by atoms with Gasteiger partial charge in [-0.3, -0.25) is 18.9 Å². The van der Waals surface area contributed by atoms with Crippen LogP contribution < -0.4 is 10.5 Å². The van der Waals surface area contributed by atoms with E-state index in [1.54, 1.807) is 17.3 Å². The van der Waals surface area contributed by atoms with Gasteiger partial charge in [0.2, 0.25) is 0 Å². The van der Waals surface area contributed by atoms with E-state index in [4.69, 9.17) is 4.74 Å². The second kappa shape index (κ2) is 8.32. The van der Waals surface area contributed by atoms with E-state index >= 15 is 0 Å². The van der Waals surface area contributed by atoms with Crippen molar-refractivity contribution in [2.45, 2.75) is 38.5 Å². The molecule has 2 aliphatic rings. The number of pyridine rings is 1. The molecule has 2 aliphatic heterocycles. The van der Waals surface area contributed by atoms with Gasteiger partial charge in [-0.05, 0) is 70.9 Å². The minimum atomic E-state index is -0.209. The van der Waals surface area contributed by atoms with Crippen LogP contribution in [-0.2, 0) is 17.6 Å². The van der Waals surface area contributed by atoms with Gasteiger partial charge in [0.25, 0.3) is 11.5 Å². The first-order chi connectivity index (χ1) is 16.5. The molecule has 0 spiro atoms. The molecule has 3 aromatic heterocycles. The Balaban J connectivity index is 1.50. The lowest BCUT2D eigenvalue weighted by Gasteiger charge is -2.22. The average molecular weight is 522 g/mol. The first-order valence-corrected chi connectivity index (χ1v) is 12.4. The summed E-state index contributed by atoms with van der Waals surface area (Å²) in [5.41, 5.74) is 4.39. The predicted octanol–water partition coefficient (Wildman–Crippen LogP) is 3.99. The zero-order valence-corrected chi connectivity index (χ0v) is 20.4. The van der Waals surface area contributed by atoms with Crippen LogP contribution in [0.1, 0.15) is 53.0 Å². The fourth-order valence-electron chi connectivity index (χ4n) is 5.20. The maximum atomic E-state index is 13.7. The van der Waals surface area contributed by atoms with Crippen molar-refractivity contribution >= 4 is 44.2 Å². The van der Waals surface area contributed by atoms with Crippen molar-refractivity contribution in [1.29, 1.82) is 0 Å². The number of aromatic amines is 1. The van der Waals surface area contributed by atoms with Crippen LogP contribution in [0.5, 0.6) is 0 Å². The number of ether oxygens (including phenoxy) is 1. The van der Waals surface area contributed by atoms with Crippen LogP contribution in [0.15, 0.2) is 39.9 Å². The van der Waals surface area contributed by atoms with Crippen LogP contribution in [0, 0.1) is 0 Å². The lowest BCUT2D eigenvalue weighted by Crippen LogP contribution is -2.30. The van der Waals surface area contributed by atoms with Gasteiger partial charge in [0.1, 0.15) is 17.2 Å². The molecular weight excluding hydrogens is 498 g/mol. The van der Waals surface area contributed by atoms with Crippen LogP contribution in [-0.4, -0.2) is 45.0 Å². The number of rotatable bonds is 3. The van der Waals surface area contributed by atoms with Gasteiger partial charge in [0.15, 0.2) is 0 Å². The highest BCUT2D eigenvalue weighted by Crippen LogP contribution is 2.32. The molecule has 0 unspecified atom stereocenters. The Hall–Kier alpha value is -3.04. The van der Waals surface area contributed by atoms with E-state index in [0.717, 1.165) is 46.2 Å². The number of nitrogens with zero attached hydrogens (tertiary/aromatic N) is 4. The third-order valence-electron chi connectivity index (χ3n) is 6.95. The molecule has 8 nitrogen and oxygen atoms in total. The molecule has 1 amide bonds. The highest BCUT2D eigenvalue weighted by Gasteiger charge is 2.29. The summed E-state index contributed by atoms with van der Waals surface area (Å²) in [7, 11) is 0. The number of benzene rings is 1. The van der Waals surface area contributed by atoms with Gasteiger partial charge >= 0.3 is 0 Å². The van der Waals surface area contributed by atoms with Crippen LogP contribution in [0.4, 0.5) is 5.82 Å². The third kappa shape index (κ3) is 3.37. The fraction of sp³-hybridized carbons (Fsp3) is 0.360. The maximum Gasteiger partial charge on any atom is 0.274 e. The molecule has 4 aromatic rings. The highest BCUT2D eigenvalue weighted by atomic mass is 79.9. The van der Waals surface area contributed by atoms with Gasteiger partial charge < -0.3 is 9.72 Å². The summed E-state index contributed by atoms with van der Waals surface area (Å²) in [6.07, 6.45) is 6.58. The van der Waals surface area contributed by atoms with Gasteiger partial charge in [0.05, 0.1) is 17.2 Å². The lowest BCUT2D eigenvalue weighted by molar-refractivity contribution is 0.0835. The smallest absolute Gasteiger partial charge is 0.274 e.